The number of nitrogens with zero attached hydrogens (tertiary/aromatic N) is 2. The lowest BCUT2D eigenvalue weighted by atomic mass is 9.46. The van der Waals surface area contributed by atoms with Crippen molar-refractivity contribution in [2.24, 2.45) is 22.1 Å². The maximum atomic E-state index is 6.21. The molecule has 5 heteroatoms. The van der Waals surface area contributed by atoms with Gasteiger partial charge in [-0.05, 0) is 45.2 Å². The van der Waals surface area contributed by atoms with Crippen molar-refractivity contribution in [3.63, 3.8) is 0 Å². The summed E-state index contributed by atoms with van der Waals surface area (Å²) in [4.78, 5) is 7.19. The number of hydrogen-bond acceptors (Lipinski definition) is 3. The molecule has 0 aromatic rings. The summed E-state index contributed by atoms with van der Waals surface area (Å²) < 4.78 is 5.96. The van der Waals surface area contributed by atoms with Gasteiger partial charge in [0.25, 0.3) is 0 Å². The van der Waals surface area contributed by atoms with Gasteiger partial charge in [0.1, 0.15) is 0 Å². The smallest absolute Gasteiger partial charge is 0.188 e. The Labute approximate surface area is 133 Å². The van der Waals surface area contributed by atoms with Gasteiger partial charge in [-0.25, -0.2) is 0 Å². The lowest BCUT2D eigenvalue weighted by Gasteiger charge is -2.63. The summed E-state index contributed by atoms with van der Waals surface area (Å²) in [5.74, 6) is 1.32. The number of ether oxygens (including phenoxy) is 1. The summed E-state index contributed by atoms with van der Waals surface area (Å²) in [7, 11) is 0. The van der Waals surface area contributed by atoms with Gasteiger partial charge in [-0.1, -0.05) is 13.3 Å². The maximum Gasteiger partial charge on any atom is 0.188 e. The highest BCUT2D eigenvalue weighted by atomic mass is 16.5. The third-order valence-electron chi connectivity index (χ3n) is 6.72. The third kappa shape index (κ3) is 2.16. The molecule has 0 aromatic heterocycles. The van der Waals surface area contributed by atoms with Crippen LogP contribution in [-0.4, -0.2) is 55.3 Å². The number of rotatable bonds is 4. The fourth-order valence-corrected chi connectivity index (χ4v) is 5.38. The van der Waals surface area contributed by atoms with Gasteiger partial charge in [-0.2, -0.15) is 0 Å². The standard InChI is InChI=1S/C17H30N4O/c1-2-21-9-3-5-12(21)11-19-16(18)20-14-13-6-10-22-15(13)17(14)7-4-8-17/h12-15H,2-11H2,1H3,(H3,18,19,20). The van der Waals surface area contributed by atoms with Gasteiger partial charge in [-0.3, -0.25) is 9.89 Å². The zero-order chi connectivity index (χ0) is 15.2. The largest absolute Gasteiger partial charge is 0.377 e. The molecule has 2 saturated heterocycles. The van der Waals surface area contributed by atoms with Crippen molar-refractivity contribution in [3.05, 3.63) is 0 Å². The summed E-state index contributed by atoms with van der Waals surface area (Å²) in [6.45, 7) is 6.35. The molecule has 1 spiro atoms. The lowest BCUT2D eigenvalue weighted by Crippen LogP contribution is -2.72. The van der Waals surface area contributed by atoms with Crippen LogP contribution in [0, 0.1) is 11.3 Å². The first-order valence-corrected chi connectivity index (χ1v) is 9.17. The molecule has 4 aliphatic rings. The monoisotopic (exact) mass is 306 g/mol. The second-order valence-electron chi connectivity index (χ2n) is 7.60. The molecule has 0 amide bonds. The quantitative estimate of drug-likeness (QED) is 0.608. The van der Waals surface area contributed by atoms with Crippen LogP contribution in [-0.2, 0) is 4.74 Å². The zero-order valence-electron chi connectivity index (χ0n) is 13.8. The minimum Gasteiger partial charge on any atom is -0.377 e. The Morgan fingerprint density at radius 2 is 2.23 bits per heavy atom. The summed E-state index contributed by atoms with van der Waals surface area (Å²) in [6.07, 6.45) is 8.18. The van der Waals surface area contributed by atoms with E-state index in [1.807, 2.05) is 0 Å². The summed E-state index contributed by atoms with van der Waals surface area (Å²) in [5.41, 5.74) is 6.59. The predicted octanol–water partition coefficient (Wildman–Crippen LogP) is 1.33. The second-order valence-corrected chi connectivity index (χ2v) is 7.60. The van der Waals surface area contributed by atoms with Crippen molar-refractivity contribution in [2.75, 3.05) is 26.2 Å². The minimum absolute atomic E-state index is 0.379. The molecule has 4 unspecified atom stereocenters. The first-order valence-electron chi connectivity index (χ1n) is 9.17. The molecule has 3 N–H and O–H groups in total. The Balaban J connectivity index is 1.35. The number of likely N-dealkylation sites (tertiary alicyclic amines) is 1. The van der Waals surface area contributed by atoms with Crippen LogP contribution in [0.3, 0.4) is 0 Å². The van der Waals surface area contributed by atoms with Crippen molar-refractivity contribution in [2.45, 2.75) is 63.6 Å². The van der Waals surface area contributed by atoms with Crippen LogP contribution in [0.5, 0.6) is 0 Å². The Bertz CT molecular complexity index is 448. The van der Waals surface area contributed by atoms with E-state index in [-0.39, 0.29) is 0 Å². The molecular weight excluding hydrogens is 276 g/mol. The topological polar surface area (TPSA) is 62.9 Å². The molecule has 2 aliphatic heterocycles. The Hall–Kier alpha value is -0.810. The van der Waals surface area contributed by atoms with Crippen LogP contribution in [0.15, 0.2) is 4.99 Å². The summed E-state index contributed by atoms with van der Waals surface area (Å²) >= 11 is 0. The van der Waals surface area contributed by atoms with Crippen LogP contribution in [0.2, 0.25) is 0 Å². The highest BCUT2D eigenvalue weighted by Crippen LogP contribution is 2.62. The van der Waals surface area contributed by atoms with E-state index < -0.39 is 0 Å². The number of hydrogen-bond donors (Lipinski definition) is 2. The third-order valence-corrected chi connectivity index (χ3v) is 6.72. The number of guanidine groups is 1. The fourth-order valence-electron chi connectivity index (χ4n) is 5.38. The summed E-state index contributed by atoms with van der Waals surface area (Å²) in [6, 6.07) is 1.09. The molecule has 0 aromatic carbocycles. The lowest BCUT2D eigenvalue weighted by molar-refractivity contribution is -0.171. The number of nitrogens with two attached hydrogens (primary N) is 1. The zero-order valence-corrected chi connectivity index (χ0v) is 13.8. The molecular formula is C17H30N4O. The Kier molecular flexibility index (Phi) is 3.81. The van der Waals surface area contributed by atoms with Gasteiger partial charge in [-0.15, -0.1) is 0 Å². The summed E-state index contributed by atoms with van der Waals surface area (Å²) in [5, 5.41) is 3.57. The average molecular weight is 306 g/mol. The van der Waals surface area contributed by atoms with Crippen LogP contribution < -0.4 is 11.1 Å². The molecule has 4 rings (SSSR count). The first-order chi connectivity index (χ1) is 10.7. The van der Waals surface area contributed by atoms with Crippen molar-refractivity contribution in [3.8, 4) is 0 Å². The minimum atomic E-state index is 0.379. The van der Waals surface area contributed by atoms with E-state index in [0.717, 1.165) is 19.7 Å². The Morgan fingerprint density at radius 3 is 2.95 bits per heavy atom. The highest BCUT2D eigenvalue weighted by Gasteiger charge is 2.66. The molecule has 5 nitrogen and oxygen atoms in total. The van der Waals surface area contributed by atoms with Gasteiger partial charge in [0.15, 0.2) is 5.96 Å². The molecule has 2 aliphatic carbocycles. The van der Waals surface area contributed by atoms with Crippen LogP contribution >= 0.6 is 0 Å². The molecule has 2 heterocycles. The number of fused-ring (bicyclic) bond motifs is 2. The van der Waals surface area contributed by atoms with Crippen molar-refractivity contribution < 1.29 is 4.74 Å². The van der Waals surface area contributed by atoms with Crippen LogP contribution in [0.4, 0.5) is 0 Å². The molecule has 0 bridgehead atoms. The normalized spacial score (nSPS) is 40.3. The number of nitrogens with one attached hydrogen (secondary N) is 1. The molecule has 4 fully saturated rings. The molecule has 22 heavy (non-hydrogen) atoms. The van der Waals surface area contributed by atoms with Gasteiger partial charge in [0.2, 0.25) is 0 Å². The predicted molar refractivity (Wildman–Crippen MR) is 87.8 cm³/mol. The number of aliphatic imine (C=N–C) groups is 1. The number of likely N-dealkylation sites (N-methyl/N-ethyl adjacent to an activating group) is 1. The van der Waals surface area contributed by atoms with Crippen molar-refractivity contribution in [1.82, 2.24) is 10.2 Å². The van der Waals surface area contributed by atoms with Crippen molar-refractivity contribution >= 4 is 5.96 Å². The first kappa shape index (κ1) is 14.8. The van der Waals surface area contributed by atoms with E-state index in [4.69, 9.17) is 10.5 Å². The van der Waals surface area contributed by atoms with E-state index in [0.29, 0.717) is 35.5 Å². The fraction of sp³-hybridized carbons (Fsp3) is 0.941. The highest BCUT2D eigenvalue weighted by molar-refractivity contribution is 5.78. The van der Waals surface area contributed by atoms with E-state index in [1.54, 1.807) is 0 Å². The van der Waals surface area contributed by atoms with Crippen LogP contribution in [0.25, 0.3) is 0 Å². The van der Waals surface area contributed by atoms with E-state index >= 15 is 0 Å². The van der Waals surface area contributed by atoms with E-state index in [2.05, 4.69) is 22.1 Å². The van der Waals surface area contributed by atoms with E-state index in [1.165, 1.54) is 45.1 Å². The second kappa shape index (κ2) is 5.68. The van der Waals surface area contributed by atoms with Gasteiger partial charge in [0, 0.05) is 30.0 Å². The Morgan fingerprint density at radius 1 is 1.36 bits per heavy atom. The van der Waals surface area contributed by atoms with Gasteiger partial charge >= 0.3 is 0 Å². The SMILES string of the molecule is CCN1CCCC1CN=C(N)NC1C2CCOC2C12CCC2. The van der Waals surface area contributed by atoms with Crippen LogP contribution in [0.1, 0.15) is 45.4 Å². The van der Waals surface area contributed by atoms with E-state index in [9.17, 15) is 0 Å². The molecule has 0 radical (unpaired) electrons. The van der Waals surface area contributed by atoms with Gasteiger partial charge in [0.05, 0.1) is 12.6 Å². The molecule has 4 atom stereocenters. The van der Waals surface area contributed by atoms with Crippen molar-refractivity contribution in [1.29, 1.82) is 0 Å². The van der Waals surface area contributed by atoms with Gasteiger partial charge < -0.3 is 15.8 Å². The molecule has 124 valence electrons. The molecule has 2 saturated carbocycles. The average Bonchev–Trinajstić information content (AvgIpc) is 3.08. The maximum absolute atomic E-state index is 6.21.